The number of fused-ring (bicyclic) bond motifs is 1. The Hall–Kier alpha value is -2.14. The first-order valence-electron chi connectivity index (χ1n) is 8.95. The minimum Gasteiger partial charge on any atom is -0.493 e. The third kappa shape index (κ3) is 4.92. The van der Waals surface area contributed by atoms with Crippen molar-refractivity contribution in [3.8, 4) is 5.75 Å². The third-order valence-electron chi connectivity index (χ3n) is 4.16. The van der Waals surface area contributed by atoms with Gasteiger partial charge < -0.3 is 4.74 Å². The van der Waals surface area contributed by atoms with Crippen LogP contribution < -0.4 is 10.1 Å². The summed E-state index contributed by atoms with van der Waals surface area (Å²) >= 11 is 1.60. The van der Waals surface area contributed by atoms with Crippen LogP contribution in [0.1, 0.15) is 48.7 Å². The van der Waals surface area contributed by atoms with E-state index < -0.39 is 0 Å². The first-order valence-corrected chi connectivity index (χ1v) is 9.77. The Kier molecular flexibility index (Phi) is 6.23. The molecule has 0 fully saturated rings. The highest BCUT2D eigenvalue weighted by Crippen LogP contribution is 2.29. The van der Waals surface area contributed by atoms with Crippen molar-refractivity contribution in [3.05, 3.63) is 46.5 Å². The van der Waals surface area contributed by atoms with Crippen molar-refractivity contribution in [1.29, 1.82) is 0 Å². The smallest absolute Gasteiger partial charge is 0.250 e. The summed E-state index contributed by atoms with van der Waals surface area (Å²) in [6.07, 6.45) is 9.98. The molecule has 2 aromatic rings. The lowest BCUT2D eigenvalue weighted by atomic mass is 10.0. The number of amides is 1. The van der Waals surface area contributed by atoms with E-state index in [-0.39, 0.29) is 5.91 Å². The lowest BCUT2D eigenvalue weighted by molar-refractivity contribution is -0.111. The van der Waals surface area contributed by atoms with E-state index in [2.05, 4.69) is 17.2 Å². The molecule has 3 rings (SSSR count). The van der Waals surface area contributed by atoms with Crippen LogP contribution in [0.4, 0.5) is 5.13 Å². The molecule has 0 bridgehead atoms. The van der Waals surface area contributed by atoms with Crippen LogP contribution in [-0.4, -0.2) is 17.5 Å². The lowest BCUT2D eigenvalue weighted by Crippen LogP contribution is -2.07. The Morgan fingerprint density at radius 1 is 1.32 bits per heavy atom. The van der Waals surface area contributed by atoms with Gasteiger partial charge in [0, 0.05) is 16.5 Å². The minimum absolute atomic E-state index is 0.158. The van der Waals surface area contributed by atoms with Crippen molar-refractivity contribution in [2.45, 2.75) is 45.4 Å². The SMILES string of the molecule is CCCCOc1ccccc1/C=C/C(=O)Nc1nc2c(s1)CCCC2. The van der Waals surface area contributed by atoms with Gasteiger partial charge in [0.25, 0.3) is 0 Å². The number of thiazole rings is 1. The fourth-order valence-electron chi connectivity index (χ4n) is 2.79. The van der Waals surface area contributed by atoms with Crippen molar-refractivity contribution in [2.75, 3.05) is 11.9 Å². The molecule has 1 N–H and O–H groups in total. The van der Waals surface area contributed by atoms with Crippen molar-refractivity contribution in [1.82, 2.24) is 4.98 Å². The van der Waals surface area contributed by atoms with Crippen LogP contribution in [0.5, 0.6) is 5.75 Å². The van der Waals surface area contributed by atoms with Gasteiger partial charge in [0.15, 0.2) is 5.13 Å². The number of hydrogen-bond donors (Lipinski definition) is 1. The number of hydrogen-bond acceptors (Lipinski definition) is 4. The number of nitrogens with one attached hydrogen (secondary N) is 1. The molecule has 1 amide bonds. The van der Waals surface area contributed by atoms with Crippen LogP contribution in [0, 0.1) is 0 Å². The van der Waals surface area contributed by atoms with Gasteiger partial charge in [0.2, 0.25) is 5.91 Å². The summed E-state index contributed by atoms with van der Waals surface area (Å²) in [4.78, 5) is 18.1. The molecule has 0 atom stereocenters. The number of carbonyl (C=O) groups is 1. The summed E-state index contributed by atoms with van der Waals surface area (Å²) in [5.41, 5.74) is 2.07. The average molecular weight is 356 g/mol. The Morgan fingerprint density at radius 3 is 3.00 bits per heavy atom. The van der Waals surface area contributed by atoms with Crippen LogP contribution in [0.3, 0.4) is 0 Å². The van der Waals surface area contributed by atoms with E-state index in [0.29, 0.717) is 11.7 Å². The quantitative estimate of drug-likeness (QED) is 0.570. The highest BCUT2D eigenvalue weighted by atomic mass is 32.1. The molecule has 1 aromatic carbocycles. The molecular formula is C20H24N2O2S. The van der Waals surface area contributed by atoms with Gasteiger partial charge in [-0.1, -0.05) is 31.5 Å². The maximum atomic E-state index is 12.2. The van der Waals surface area contributed by atoms with E-state index in [0.717, 1.165) is 42.7 Å². The Balaban J connectivity index is 1.61. The van der Waals surface area contributed by atoms with Gasteiger partial charge in [0.05, 0.1) is 12.3 Å². The van der Waals surface area contributed by atoms with Crippen LogP contribution in [0.2, 0.25) is 0 Å². The van der Waals surface area contributed by atoms with E-state index in [1.54, 1.807) is 23.5 Å². The summed E-state index contributed by atoms with van der Waals surface area (Å²) in [5.74, 6) is 0.652. The molecule has 25 heavy (non-hydrogen) atoms. The van der Waals surface area contributed by atoms with Gasteiger partial charge in [-0.2, -0.15) is 0 Å². The summed E-state index contributed by atoms with van der Waals surface area (Å²) in [7, 11) is 0. The van der Waals surface area contributed by atoms with Gasteiger partial charge in [-0.25, -0.2) is 4.98 Å². The van der Waals surface area contributed by atoms with Crippen LogP contribution in [-0.2, 0) is 17.6 Å². The van der Waals surface area contributed by atoms with E-state index in [1.165, 1.54) is 17.7 Å². The fraction of sp³-hybridized carbons (Fsp3) is 0.400. The van der Waals surface area contributed by atoms with Gasteiger partial charge in [-0.15, -0.1) is 11.3 Å². The minimum atomic E-state index is -0.158. The number of aromatic nitrogens is 1. The Labute approximate surface area is 152 Å². The van der Waals surface area contributed by atoms with Crippen molar-refractivity contribution in [3.63, 3.8) is 0 Å². The number of nitrogens with zero attached hydrogens (tertiary/aromatic N) is 1. The molecular weight excluding hydrogens is 332 g/mol. The Morgan fingerprint density at radius 2 is 2.16 bits per heavy atom. The average Bonchev–Trinajstić information content (AvgIpc) is 3.03. The number of rotatable bonds is 7. The highest BCUT2D eigenvalue weighted by Gasteiger charge is 2.15. The number of unbranched alkanes of at least 4 members (excludes halogenated alkanes) is 1. The molecule has 0 unspecified atom stereocenters. The lowest BCUT2D eigenvalue weighted by Gasteiger charge is -2.08. The first-order chi connectivity index (χ1) is 12.3. The molecule has 1 heterocycles. The van der Waals surface area contributed by atoms with E-state index >= 15 is 0 Å². The fourth-order valence-corrected chi connectivity index (χ4v) is 3.85. The maximum Gasteiger partial charge on any atom is 0.250 e. The number of benzene rings is 1. The van der Waals surface area contributed by atoms with Crippen molar-refractivity contribution in [2.24, 2.45) is 0 Å². The predicted octanol–water partition coefficient (Wildman–Crippen LogP) is 4.85. The maximum absolute atomic E-state index is 12.2. The number of carbonyl (C=O) groups excluding carboxylic acids is 1. The van der Waals surface area contributed by atoms with E-state index in [9.17, 15) is 4.79 Å². The number of para-hydroxylation sites is 1. The molecule has 4 nitrogen and oxygen atoms in total. The van der Waals surface area contributed by atoms with Gasteiger partial charge in [-0.3, -0.25) is 10.1 Å². The Bertz CT molecular complexity index is 728. The third-order valence-corrected chi connectivity index (χ3v) is 5.24. The van der Waals surface area contributed by atoms with E-state index in [4.69, 9.17) is 4.74 Å². The molecule has 1 aliphatic carbocycles. The number of aryl methyl sites for hydroxylation is 2. The molecule has 0 spiro atoms. The molecule has 132 valence electrons. The summed E-state index contributed by atoms with van der Waals surface area (Å²) in [6, 6.07) is 7.77. The molecule has 0 aliphatic heterocycles. The van der Waals surface area contributed by atoms with Gasteiger partial charge in [0.1, 0.15) is 5.75 Å². The second kappa shape index (κ2) is 8.81. The van der Waals surface area contributed by atoms with Crippen molar-refractivity contribution < 1.29 is 9.53 Å². The zero-order valence-electron chi connectivity index (χ0n) is 14.6. The molecule has 1 aliphatic rings. The molecule has 5 heteroatoms. The molecule has 0 saturated carbocycles. The second-order valence-electron chi connectivity index (χ2n) is 6.16. The number of anilines is 1. The van der Waals surface area contributed by atoms with Crippen LogP contribution in [0.15, 0.2) is 30.3 Å². The van der Waals surface area contributed by atoms with Crippen LogP contribution >= 0.6 is 11.3 Å². The first kappa shape index (κ1) is 17.7. The molecule has 0 radical (unpaired) electrons. The normalized spacial score (nSPS) is 13.6. The van der Waals surface area contributed by atoms with E-state index in [1.807, 2.05) is 24.3 Å². The van der Waals surface area contributed by atoms with Crippen LogP contribution in [0.25, 0.3) is 6.08 Å². The topological polar surface area (TPSA) is 51.2 Å². The monoisotopic (exact) mass is 356 g/mol. The zero-order valence-corrected chi connectivity index (χ0v) is 15.4. The van der Waals surface area contributed by atoms with Crippen molar-refractivity contribution >= 4 is 28.5 Å². The van der Waals surface area contributed by atoms with Gasteiger partial charge in [-0.05, 0) is 44.2 Å². The summed E-state index contributed by atoms with van der Waals surface area (Å²) in [6.45, 7) is 2.83. The zero-order chi connectivity index (χ0) is 17.5. The standard InChI is InChI=1S/C20H24N2O2S/c1-2-3-14-24-17-10-6-4-8-15(17)12-13-19(23)22-20-21-16-9-5-7-11-18(16)25-20/h4,6,8,10,12-13H,2-3,5,7,9,11,14H2,1H3,(H,21,22,23)/b13-12+. The summed E-state index contributed by atoms with van der Waals surface area (Å²) in [5, 5.41) is 3.58. The predicted molar refractivity (Wildman–Crippen MR) is 103 cm³/mol. The highest BCUT2D eigenvalue weighted by molar-refractivity contribution is 7.15. The molecule has 1 aromatic heterocycles. The van der Waals surface area contributed by atoms with Gasteiger partial charge >= 0.3 is 0 Å². The summed E-state index contributed by atoms with van der Waals surface area (Å²) < 4.78 is 5.79. The molecule has 0 saturated heterocycles. The second-order valence-corrected chi connectivity index (χ2v) is 7.24. The number of ether oxygens (including phenoxy) is 1. The largest absolute Gasteiger partial charge is 0.493 e.